The van der Waals surface area contributed by atoms with Gasteiger partial charge < -0.3 is 20.1 Å². The summed E-state index contributed by atoms with van der Waals surface area (Å²) in [5.41, 5.74) is 0.236. The van der Waals surface area contributed by atoms with Gasteiger partial charge in [-0.2, -0.15) is 0 Å². The van der Waals surface area contributed by atoms with Crippen LogP contribution in [0, 0.1) is 5.92 Å². The number of carbonyl (C=O) groups is 3. The van der Waals surface area contributed by atoms with Crippen LogP contribution in [0.3, 0.4) is 0 Å². The average molecular weight is 440 g/mol. The van der Waals surface area contributed by atoms with Crippen molar-refractivity contribution in [2.75, 3.05) is 13.1 Å². The van der Waals surface area contributed by atoms with Crippen molar-refractivity contribution < 1.29 is 14.4 Å². The van der Waals surface area contributed by atoms with E-state index in [1.165, 1.54) is 6.33 Å². The van der Waals surface area contributed by atoms with Crippen molar-refractivity contribution in [3.63, 3.8) is 0 Å². The third-order valence-corrected chi connectivity index (χ3v) is 5.81. The second-order valence-corrected chi connectivity index (χ2v) is 8.91. The standard InChI is InChI=1S/C24H33N5O3/c1-5-13-29-22(31)20-19(21(30)26-14-18-9-7-6-8-10-18)27-16-28(20)15-24(29,4)23(32)25-12-11-17(2)3/h6-10,16-17H,5,11-15H2,1-4H3,(H,25,32)(H,26,30)/t24-/m0/s1. The lowest BCUT2D eigenvalue weighted by Gasteiger charge is -2.43. The maximum atomic E-state index is 13.5. The third-order valence-electron chi connectivity index (χ3n) is 5.81. The van der Waals surface area contributed by atoms with Crippen LogP contribution in [0.4, 0.5) is 0 Å². The van der Waals surface area contributed by atoms with Gasteiger partial charge in [0.2, 0.25) is 5.91 Å². The molecule has 32 heavy (non-hydrogen) atoms. The first-order valence-corrected chi connectivity index (χ1v) is 11.3. The van der Waals surface area contributed by atoms with Crippen LogP contribution >= 0.6 is 0 Å². The predicted molar refractivity (Wildman–Crippen MR) is 122 cm³/mol. The summed E-state index contributed by atoms with van der Waals surface area (Å²) in [6.45, 7) is 9.52. The van der Waals surface area contributed by atoms with E-state index in [1.807, 2.05) is 37.3 Å². The van der Waals surface area contributed by atoms with Crippen LogP contribution < -0.4 is 10.6 Å². The number of rotatable bonds is 9. The molecule has 0 bridgehead atoms. The molecule has 1 aliphatic heterocycles. The highest BCUT2D eigenvalue weighted by molar-refractivity contribution is 6.07. The Bertz CT molecular complexity index is 969. The summed E-state index contributed by atoms with van der Waals surface area (Å²) in [5, 5.41) is 5.82. The second kappa shape index (κ2) is 9.97. The fourth-order valence-electron chi connectivity index (χ4n) is 3.95. The van der Waals surface area contributed by atoms with Gasteiger partial charge in [-0.15, -0.1) is 0 Å². The molecule has 0 saturated carbocycles. The Hall–Kier alpha value is -3.16. The SMILES string of the molecule is CCCN1C(=O)c2c(C(=O)NCc3ccccc3)ncn2C[C@@]1(C)C(=O)NCCC(C)C. The molecular formula is C24H33N5O3. The van der Waals surface area contributed by atoms with Crippen molar-refractivity contribution in [2.24, 2.45) is 5.92 Å². The summed E-state index contributed by atoms with van der Waals surface area (Å²) in [7, 11) is 0. The van der Waals surface area contributed by atoms with E-state index >= 15 is 0 Å². The van der Waals surface area contributed by atoms with E-state index in [9.17, 15) is 14.4 Å². The van der Waals surface area contributed by atoms with Crippen LogP contribution in [-0.4, -0.2) is 50.8 Å². The number of nitrogens with one attached hydrogen (secondary N) is 2. The van der Waals surface area contributed by atoms with Crippen LogP contribution in [0.5, 0.6) is 0 Å². The molecule has 0 radical (unpaired) electrons. The van der Waals surface area contributed by atoms with Crippen LogP contribution in [0.25, 0.3) is 0 Å². The lowest BCUT2D eigenvalue weighted by molar-refractivity contribution is -0.132. The van der Waals surface area contributed by atoms with Gasteiger partial charge in [-0.1, -0.05) is 51.1 Å². The second-order valence-electron chi connectivity index (χ2n) is 8.91. The highest BCUT2D eigenvalue weighted by atomic mass is 16.2. The maximum absolute atomic E-state index is 13.5. The van der Waals surface area contributed by atoms with Gasteiger partial charge in [0.1, 0.15) is 11.2 Å². The summed E-state index contributed by atoms with van der Waals surface area (Å²) in [6, 6.07) is 9.55. The molecule has 172 valence electrons. The molecule has 8 nitrogen and oxygen atoms in total. The fourth-order valence-corrected chi connectivity index (χ4v) is 3.95. The van der Waals surface area contributed by atoms with Gasteiger partial charge in [0.05, 0.1) is 12.9 Å². The highest BCUT2D eigenvalue weighted by Crippen LogP contribution is 2.29. The topological polar surface area (TPSA) is 96.3 Å². The van der Waals surface area contributed by atoms with Crippen LogP contribution in [0.15, 0.2) is 36.7 Å². The summed E-state index contributed by atoms with van der Waals surface area (Å²) in [6.07, 6.45) is 3.05. The zero-order valence-electron chi connectivity index (χ0n) is 19.4. The Balaban J connectivity index is 1.82. The first-order chi connectivity index (χ1) is 15.3. The van der Waals surface area contributed by atoms with Gasteiger partial charge in [-0.3, -0.25) is 14.4 Å². The highest BCUT2D eigenvalue weighted by Gasteiger charge is 2.48. The van der Waals surface area contributed by atoms with E-state index in [2.05, 4.69) is 29.5 Å². The molecular weight excluding hydrogens is 406 g/mol. The lowest BCUT2D eigenvalue weighted by atomic mass is 9.93. The minimum Gasteiger partial charge on any atom is -0.354 e. The normalized spacial score (nSPS) is 17.9. The van der Waals surface area contributed by atoms with Crippen molar-refractivity contribution in [3.8, 4) is 0 Å². The summed E-state index contributed by atoms with van der Waals surface area (Å²) in [4.78, 5) is 45.2. The van der Waals surface area contributed by atoms with Crippen molar-refractivity contribution in [1.82, 2.24) is 25.1 Å². The number of benzene rings is 1. The summed E-state index contributed by atoms with van der Waals surface area (Å²) in [5.74, 6) is -0.464. The average Bonchev–Trinajstić information content (AvgIpc) is 3.19. The molecule has 2 heterocycles. The number of nitrogens with zero attached hydrogens (tertiary/aromatic N) is 3. The van der Waals surface area contributed by atoms with Crippen LogP contribution in [0.1, 0.15) is 67.1 Å². The molecule has 0 spiro atoms. The molecule has 0 saturated heterocycles. The quantitative estimate of drug-likeness (QED) is 0.628. The van der Waals surface area contributed by atoms with Crippen LogP contribution in [-0.2, 0) is 17.9 Å². The molecule has 2 N–H and O–H groups in total. The molecule has 8 heteroatoms. The lowest BCUT2D eigenvalue weighted by Crippen LogP contribution is -2.64. The van der Waals surface area contributed by atoms with Crippen LogP contribution in [0.2, 0.25) is 0 Å². The van der Waals surface area contributed by atoms with E-state index in [4.69, 9.17) is 0 Å². The van der Waals surface area contributed by atoms with E-state index in [0.717, 1.165) is 12.0 Å². The fraction of sp³-hybridized carbons (Fsp3) is 0.500. The molecule has 0 fully saturated rings. The first-order valence-electron chi connectivity index (χ1n) is 11.3. The van der Waals surface area contributed by atoms with Gasteiger partial charge in [0.25, 0.3) is 11.8 Å². The number of imidazole rings is 1. The summed E-state index contributed by atoms with van der Waals surface area (Å²) < 4.78 is 1.63. The number of carbonyl (C=O) groups excluding carboxylic acids is 3. The Morgan fingerprint density at radius 3 is 2.56 bits per heavy atom. The molecule has 1 aromatic heterocycles. The smallest absolute Gasteiger partial charge is 0.273 e. The van der Waals surface area contributed by atoms with E-state index in [0.29, 0.717) is 32.0 Å². The van der Waals surface area contributed by atoms with Gasteiger partial charge in [0, 0.05) is 19.6 Å². The zero-order valence-corrected chi connectivity index (χ0v) is 19.4. The Morgan fingerprint density at radius 1 is 1.19 bits per heavy atom. The molecule has 0 aliphatic carbocycles. The minimum absolute atomic E-state index is 0.0919. The third kappa shape index (κ3) is 4.84. The Labute approximate surface area is 189 Å². The molecule has 1 aliphatic rings. The zero-order chi connectivity index (χ0) is 23.3. The summed E-state index contributed by atoms with van der Waals surface area (Å²) >= 11 is 0. The molecule has 3 rings (SSSR count). The van der Waals surface area contributed by atoms with Crippen molar-refractivity contribution in [3.05, 3.63) is 53.6 Å². The number of aromatic nitrogens is 2. The first kappa shape index (κ1) is 23.5. The number of amides is 3. The molecule has 2 aromatic rings. The van der Waals surface area contributed by atoms with Gasteiger partial charge in [-0.05, 0) is 31.2 Å². The number of fused-ring (bicyclic) bond motifs is 1. The minimum atomic E-state index is -1.05. The monoisotopic (exact) mass is 439 g/mol. The van der Waals surface area contributed by atoms with Crippen molar-refractivity contribution in [2.45, 2.75) is 59.2 Å². The molecule has 3 amide bonds. The van der Waals surface area contributed by atoms with Gasteiger partial charge in [0.15, 0.2) is 5.69 Å². The number of hydrogen-bond acceptors (Lipinski definition) is 4. The van der Waals surface area contributed by atoms with E-state index in [-0.39, 0.29) is 29.7 Å². The van der Waals surface area contributed by atoms with E-state index < -0.39 is 11.4 Å². The van der Waals surface area contributed by atoms with Gasteiger partial charge in [-0.25, -0.2) is 4.98 Å². The molecule has 1 aromatic carbocycles. The largest absolute Gasteiger partial charge is 0.354 e. The Kier molecular flexibility index (Phi) is 7.33. The Morgan fingerprint density at radius 2 is 1.91 bits per heavy atom. The predicted octanol–water partition coefficient (Wildman–Crippen LogP) is 2.60. The van der Waals surface area contributed by atoms with E-state index in [1.54, 1.807) is 16.4 Å². The number of hydrogen-bond donors (Lipinski definition) is 2. The molecule has 0 unspecified atom stereocenters. The van der Waals surface area contributed by atoms with Crippen molar-refractivity contribution in [1.29, 1.82) is 0 Å². The maximum Gasteiger partial charge on any atom is 0.273 e. The van der Waals surface area contributed by atoms with Gasteiger partial charge >= 0.3 is 0 Å². The molecule has 1 atom stereocenters. The van der Waals surface area contributed by atoms with Crippen molar-refractivity contribution >= 4 is 17.7 Å².